The molecule has 2 heterocycles. The Balaban J connectivity index is 1.89. The number of hydrogen-bond donors (Lipinski definition) is 0. The topological polar surface area (TPSA) is 44.2 Å². The van der Waals surface area contributed by atoms with E-state index in [2.05, 4.69) is 25.9 Å². The van der Waals surface area contributed by atoms with Gasteiger partial charge < -0.3 is 9.47 Å². The molecule has 1 aromatic heterocycles. The lowest BCUT2D eigenvalue weighted by Gasteiger charge is -2.25. The molecule has 1 atom stereocenters. The number of fused-ring (bicyclic) bond motifs is 1. The molecule has 0 amide bonds. The smallest absolute Gasteiger partial charge is 0.192 e. The number of halogens is 1. The van der Waals surface area contributed by atoms with Crippen LogP contribution in [0.15, 0.2) is 30.5 Å². The quantitative estimate of drug-likeness (QED) is 0.797. The molecular weight excluding hydrogens is 308 g/mol. The second kappa shape index (κ2) is 5.17. The van der Waals surface area contributed by atoms with Crippen molar-refractivity contribution >= 4 is 15.9 Å². The van der Waals surface area contributed by atoms with Gasteiger partial charge in [-0.1, -0.05) is 28.1 Å². The first-order valence-electron chi connectivity index (χ1n) is 6.05. The van der Waals surface area contributed by atoms with Gasteiger partial charge >= 0.3 is 0 Å². The van der Waals surface area contributed by atoms with Crippen molar-refractivity contribution in [2.24, 2.45) is 0 Å². The molecule has 1 unspecified atom stereocenters. The lowest BCUT2D eigenvalue weighted by atomic mass is 10.2. The number of nitrogens with zero attached hydrogens (tertiary/aromatic N) is 2. The minimum atomic E-state index is -0.256. The molecule has 5 heteroatoms. The van der Waals surface area contributed by atoms with Gasteiger partial charge in [-0.3, -0.25) is 0 Å². The predicted octanol–water partition coefficient (Wildman–Crippen LogP) is 3.19. The second-order valence-corrected chi connectivity index (χ2v) is 4.92. The second-order valence-electron chi connectivity index (χ2n) is 4.36. The predicted molar refractivity (Wildman–Crippen MR) is 74.7 cm³/mol. The molecule has 1 aliphatic heterocycles. The molecule has 0 radical (unpaired) electrons. The van der Waals surface area contributed by atoms with E-state index in [1.807, 2.05) is 37.4 Å². The van der Waals surface area contributed by atoms with Gasteiger partial charge in [0.2, 0.25) is 0 Å². The summed E-state index contributed by atoms with van der Waals surface area (Å²) in [5.41, 5.74) is 2.05. The first kappa shape index (κ1) is 12.4. The average molecular weight is 321 g/mol. The van der Waals surface area contributed by atoms with Crippen LogP contribution in [0.3, 0.4) is 0 Å². The normalized spacial score (nSPS) is 17.3. The Bertz CT molecular complexity index is 604. The summed E-state index contributed by atoms with van der Waals surface area (Å²) in [5.74, 6) is 2.17. The molecule has 4 nitrogen and oxygen atoms in total. The van der Waals surface area contributed by atoms with Crippen molar-refractivity contribution in [3.8, 4) is 11.5 Å². The highest BCUT2D eigenvalue weighted by Gasteiger charge is 2.24. The number of rotatable bonds is 2. The summed E-state index contributed by atoms with van der Waals surface area (Å²) in [4.78, 5) is 8.87. The highest BCUT2D eigenvalue weighted by Crippen LogP contribution is 2.35. The van der Waals surface area contributed by atoms with Gasteiger partial charge in [-0.15, -0.1) is 0 Å². The van der Waals surface area contributed by atoms with Crippen molar-refractivity contribution in [3.63, 3.8) is 0 Å². The van der Waals surface area contributed by atoms with Crippen LogP contribution in [0.25, 0.3) is 0 Å². The van der Waals surface area contributed by atoms with E-state index in [1.165, 1.54) is 0 Å². The maximum absolute atomic E-state index is 5.89. The van der Waals surface area contributed by atoms with Gasteiger partial charge in [0.05, 0.1) is 5.69 Å². The van der Waals surface area contributed by atoms with Crippen LogP contribution in [0.1, 0.15) is 23.2 Å². The summed E-state index contributed by atoms with van der Waals surface area (Å²) < 4.78 is 11.6. The van der Waals surface area contributed by atoms with Crippen molar-refractivity contribution in [2.75, 3.05) is 6.61 Å². The molecule has 0 saturated heterocycles. The molecule has 0 bridgehead atoms. The summed E-state index contributed by atoms with van der Waals surface area (Å²) in [6, 6.07) is 7.63. The molecule has 0 saturated carbocycles. The maximum Gasteiger partial charge on any atom is 0.192 e. The molecule has 1 aromatic carbocycles. The summed E-state index contributed by atoms with van der Waals surface area (Å²) in [7, 11) is 0. The number of alkyl halides is 1. The van der Waals surface area contributed by atoms with Crippen molar-refractivity contribution in [1.29, 1.82) is 0 Å². The number of hydrogen-bond acceptors (Lipinski definition) is 4. The third-order valence-corrected chi connectivity index (χ3v) is 3.55. The Labute approximate surface area is 119 Å². The minimum absolute atomic E-state index is 0.256. The van der Waals surface area contributed by atoms with Crippen molar-refractivity contribution < 1.29 is 9.47 Å². The number of aromatic nitrogens is 2. The summed E-state index contributed by atoms with van der Waals surface area (Å²) >= 11 is 3.43. The average Bonchev–Trinajstić information content (AvgIpc) is 2.47. The first-order valence-corrected chi connectivity index (χ1v) is 7.17. The Kier molecular flexibility index (Phi) is 3.38. The van der Waals surface area contributed by atoms with E-state index in [-0.39, 0.29) is 6.10 Å². The van der Waals surface area contributed by atoms with Crippen LogP contribution in [0, 0.1) is 6.92 Å². The molecule has 0 aliphatic carbocycles. The van der Waals surface area contributed by atoms with E-state index in [9.17, 15) is 0 Å². The fourth-order valence-electron chi connectivity index (χ4n) is 1.93. The zero-order chi connectivity index (χ0) is 13.2. The molecule has 2 aromatic rings. The number of ether oxygens (including phenoxy) is 2. The van der Waals surface area contributed by atoms with Crippen molar-refractivity contribution in [1.82, 2.24) is 9.97 Å². The van der Waals surface area contributed by atoms with Crippen LogP contribution in [-0.4, -0.2) is 16.6 Å². The Hall–Kier alpha value is -1.62. The molecule has 0 spiro atoms. The van der Waals surface area contributed by atoms with Gasteiger partial charge in [-0.05, 0) is 24.6 Å². The summed E-state index contributed by atoms with van der Waals surface area (Å²) in [5, 5.41) is 0.707. The van der Waals surface area contributed by atoms with Crippen molar-refractivity contribution in [2.45, 2.75) is 18.4 Å². The third kappa shape index (κ3) is 2.42. The first-order chi connectivity index (χ1) is 9.28. The number of benzene rings is 1. The van der Waals surface area contributed by atoms with Crippen LogP contribution in [-0.2, 0) is 5.33 Å². The lowest BCUT2D eigenvalue weighted by molar-refractivity contribution is 0.0849. The molecule has 0 N–H and O–H groups in total. The monoisotopic (exact) mass is 320 g/mol. The summed E-state index contributed by atoms with van der Waals surface area (Å²) in [6.45, 7) is 2.43. The van der Waals surface area contributed by atoms with E-state index >= 15 is 0 Å². The van der Waals surface area contributed by atoms with E-state index in [4.69, 9.17) is 9.47 Å². The number of para-hydroxylation sites is 2. The standard InChI is InChI=1S/C14H13BrN2O2/c1-9-7-16-14(17-10(9)6-15)13-8-18-11-4-2-3-5-12(11)19-13/h2-5,7,13H,6,8H2,1H3. The van der Waals surface area contributed by atoms with Gasteiger partial charge in [0, 0.05) is 11.5 Å². The van der Waals surface area contributed by atoms with Crippen molar-refractivity contribution in [3.05, 3.63) is 47.5 Å². The van der Waals surface area contributed by atoms with E-state index < -0.39 is 0 Å². The van der Waals surface area contributed by atoms with Crippen LogP contribution < -0.4 is 9.47 Å². The molecule has 1 aliphatic rings. The minimum Gasteiger partial charge on any atom is -0.485 e. The fraction of sp³-hybridized carbons (Fsp3) is 0.286. The van der Waals surface area contributed by atoms with Gasteiger partial charge in [-0.2, -0.15) is 0 Å². The van der Waals surface area contributed by atoms with Gasteiger partial charge in [0.1, 0.15) is 6.61 Å². The van der Waals surface area contributed by atoms with Gasteiger partial charge in [0.25, 0.3) is 0 Å². The number of aryl methyl sites for hydroxylation is 1. The van der Waals surface area contributed by atoms with Crippen LogP contribution >= 0.6 is 15.9 Å². The molecule has 3 rings (SSSR count). The van der Waals surface area contributed by atoms with Crippen LogP contribution in [0.5, 0.6) is 11.5 Å². The molecular formula is C14H13BrN2O2. The zero-order valence-corrected chi connectivity index (χ0v) is 12.1. The lowest BCUT2D eigenvalue weighted by Crippen LogP contribution is -2.24. The maximum atomic E-state index is 5.89. The van der Waals surface area contributed by atoms with Crippen LogP contribution in [0.2, 0.25) is 0 Å². The Morgan fingerprint density at radius 1 is 1.32 bits per heavy atom. The molecule has 0 fully saturated rings. The van der Waals surface area contributed by atoms with E-state index in [0.29, 0.717) is 17.8 Å². The van der Waals surface area contributed by atoms with Gasteiger partial charge in [0.15, 0.2) is 23.4 Å². The van der Waals surface area contributed by atoms with Gasteiger partial charge in [-0.25, -0.2) is 9.97 Å². The molecule has 98 valence electrons. The fourth-order valence-corrected chi connectivity index (χ4v) is 2.50. The Morgan fingerprint density at radius 3 is 2.89 bits per heavy atom. The highest BCUT2D eigenvalue weighted by molar-refractivity contribution is 9.08. The SMILES string of the molecule is Cc1cnc(C2COc3ccccc3O2)nc1CBr. The third-order valence-electron chi connectivity index (χ3n) is 3.02. The van der Waals surface area contributed by atoms with Crippen LogP contribution in [0.4, 0.5) is 0 Å². The summed E-state index contributed by atoms with van der Waals surface area (Å²) in [6.07, 6.45) is 1.57. The van der Waals surface area contributed by atoms with E-state index in [1.54, 1.807) is 0 Å². The van der Waals surface area contributed by atoms with E-state index in [0.717, 1.165) is 22.8 Å². The Morgan fingerprint density at radius 2 is 2.11 bits per heavy atom. The highest BCUT2D eigenvalue weighted by atomic mass is 79.9. The zero-order valence-electron chi connectivity index (χ0n) is 10.5. The molecule has 19 heavy (non-hydrogen) atoms. The largest absolute Gasteiger partial charge is 0.485 e.